The van der Waals surface area contributed by atoms with Gasteiger partial charge in [0, 0.05) is 38.5 Å². The van der Waals surface area contributed by atoms with E-state index in [1.807, 2.05) is 24.1 Å². The first-order valence-corrected chi connectivity index (χ1v) is 8.76. The molecule has 2 aliphatic heterocycles. The second-order valence-electron chi connectivity index (χ2n) is 6.88. The van der Waals surface area contributed by atoms with Crippen LogP contribution in [0.4, 0.5) is 0 Å². The molecule has 130 valence electrons. The van der Waals surface area contributed by atoms with E-state index < -0.39 is 0 Å². The van der Waals surface area contributed by atoms with Crippen LogP contribution in [0.3, 0.4) is 0 Å². The van der Waals surface area contributed by atoms with E-state index >= 15 is 0 Å². The molecule has 2 atom stereocenters. The standard InChI is InChI=1S/C19H26N2O3/c1-20-11-9-15(13-18(20)22)19(23)21-10-3-4-16(21)12-14-5-7-17(24-2)8-6-14/h5-8,15-16H,3-4,9-13H2,1-2H3/t15-,16-/m1/s1. The zero-order chi connectivity index (χ0) is 17.1. The monoisotopic (exact) mass is 330 g/mol. The summed E-state index contributed by atoms with van der Waals surface area (Å²) in [4.78, 5) is 28.5. The third-order valence-corrected chi connectivity index (χ3v) is 5.30. The second kappa shape index (κ2) is 7.24. The van der Waals surface area contributed by atoms with E-state index in [-0.39, 0.29) is 23.8 Å². The van der Waals surface area contributed by atoms with Crippen LogP contribution in [-0.4, -0.2) is 54.9 Å². The number of piperidine rings is 1. The number of hydrogen-bond donors (Lipinski definition) is 0. The van der Waals surface area contributed by atoms with Crippen LogP contribution in [0.15, 0.2) is 24.3 Å². The van der Waals surface area contributed by atoms with E-state index in [9.17, 15) is 9.59 Å². The van der Waals surface area contributed by atoms with Gasteiger partial charge in [-0.3, -0.25) is 9.59 Å². The van der Waals surface area contributed by atoms with Gasteiger partial charge in [-0.05, 0) is 43.4 Å². The summed E-state index contributed by atoms with van der Waals surface area (Å²) in [5.74, 6) is 0.978. The summed E-state index contributed by atoms with van der Waals surface area (Å²) in [5, 5.41) is 0. The summed E-state index contributed by atoms with van der Waals surface area (Å²) < 4.78 is 5.20. The van der Waals surface area contributed by atoms with Gasteiger partial charge in [0.25, 0.3) is 0 Å². The number of carbonyl (C=O) groups excluding carboxylic acids is 2. The summed E-state index contributed by atoms with van der Waals surface area (Å²) in [5.41, 5.74) is 1.22. The zero-order valence-corrected chi connectivity index (χ0v) is 14.5. The molecule has 2 amide bonds. The maximum absolute atomic E-state index is 12.9. The van der Waals surface area contributed by atoms with Gasteiger partial charge in [0.2, 0.25) is 11.8 Å². The Bertz CT molecular complexity index is 599. The first-order chi connectivity index (χ1) is 11.6. The van der Waals surface area contributed by atoms with Crippen LogP contribution in [0.2, 0.25) is 0 Å². The zero-order valence-electron chi connectivity index (χ0n) is 14.5. The fourth-order valence-electron chi connectivity index (χ4n) is 3.76. The molecule has 0 unspecified atom stereocenters. The first kappa shape index (κ1) is 16.8. The predicted molar refractivity (Wildman–Crippen MR) is 91.8 cm³/mol. The Morgan fingerprint density at radius 2 is 1.96 bits per heavy atom. The largest absolute Gasteiger partial charge is 0.497 e. The lowest BCUT2D eigenvalue weighted by Crippen LogP contribution is -2.45. The second-order valence-corrected chi connectivity index (χ2v) is 6.88. The molecule has 24 heavy (non-hydrogen) atoms. The highest BCUT2D eigenvalue weighted by Crippen LogP contribution is 2.27. The molecule has 2 saturated heterocycles. The molecule has 2 fully saturated rings. The van der Waals surface area contributed by atoms with Crippen molar-refractivity contribution in [2.45, 2.75) is 38.1 Å². The van der Waals surface area contributed by atoms with Gasteiger partial charge in [0.15, 0.2) is 0 Å². The van der Waals surface area contributed by atoms with Gasteiger partial charge in [0.1, 0.15) is 5.75 Å². The SMILES string of the molecule is COc1ccc(C[C@H]2CCCN2C(=O)[C@@H]2CCN(C)C(=O)C2)cc1. The minimum atomic E-state index is -0.134. The van der Waals surface area contributed by atoms with Gasteiger partial charge in [-0.1, -0.05) is 12.1 Å². The highest BCUT2D eigenvalue weighted by Gasteiger charge is 2.36. The molecular formula is C19H26N2O3. The van der Waals surface area contributed by atoms with Crippen LogP contribution in [0.1, 0.15) is 31.2 Å². The molecule has 0 N–H and O–H groups in total. The van der Waals surface area contributed by atoms with Gasteiger partial charge in [-0.25, -0.2) is 0 Å². The highest BCUT2D eigenvalue weighted by atomic mass is 16.5. The van der Waals surface area contributed by atoms with Crippen LogP contribution in [0, 0.1) is 5.92 Å². The number of hydrogen-bond acceptors (Lipinski definition) is 3. The fraction of sp³-hybridized carbons (Fsp3) is 0.579. The van der Waals surface area contributed by atoms with Gasteiger partial charge < -0.3 is 14.5 Å². The Morgan fingerprint density at radius 1 is 1.21 bits per heavy atom. The van der Waals surface area contributed by atoms with E-state index in [4.69, 9.17) is 4.74 Å². The van der Waals surface area contributed by atoms with E-state index in [1.54, 1.807) is 12.0 Å². The van der Waals surface area contributed by atoms with Crippen LogP contribution < -0.4 is 4.74 Å². The van der Waals surface area contributed by atoms with Crippen molar-refractivity contribution in [2.24, 2.45) is 5.92 Å². The molecule has 1 aromatic carbocycles. The highest BCUT2D eigenvalue weighted by molar-refractivity contribution is 5.87. The smallest absolute Gasteiger partial charge is 0.226 e. The third-order valence-electron chi connectivity index (χ3n) is 5.30. The average Bonchev–Trinajstić information content (AvgIpc) is 3.05. The number of likely N-dealkylation sites (tertiary alicyclic amines) is 2. The van der Waals surface area contributed by atoms with Crippen molar-refractivity contribution in [1.82, 2.24) is 9.80 Å². The van der Waals surface area contributed by atoms with Gasteiger partial charge in [0.05, 0.1) is 7.11 Å². The average molecular weight is 330 g/mol. The van der Waals surface area contributed by atoms with Crippen LogP contribution in [-0.2, 0) is 16.0 Å². The summed E-state index contributed by atoms with van der Waals surface area (Å²) >= 11 is 0. The minimum Gasteiger partial charge on any atom is -0.497 e. The van der Waals surface area contributed by atoms with Gasteiger partial charge in [-0.2, -0.15) is 0 Å². The molecule has 0 radical (unpaired) electrons. The normalized spacial score (nSPS) is 24.3. The molecule has 1 aromatic rings. The number of amides is 2. The van der Waals surface area contributed by atoms with E-state index in [2.05, 4.69) is 12.1 Å². The Morgan fingerprint density at radius 3 is 2.62 bits per heavy atom. The van der Waals surface area contributed by atoms with Crippen LogP contribution in [0.5, 0.6) is 5.75 Å². The molecule has 2 aliphatic rings. The van der Waals surface area contributed by atoms with Crippen LogP contribution in [0.25, 0.3) is 0 Å². The number of methoxy groups -OCH3 is 1. The summed E-state index contributed by atoms with van der Waals surface area (Å²) in [7, 11) is 3.47. The number of rotatable bonds is 4. The molecule has 2 heterocycles. The molecule has 5 heteroatoms. The lowest BCUT2D eigenvalue weighted by atomic mass is 9.94. The molecule has 3 rings (SSSR count). The number of benzene rings is 1. The summed E-state index contributed by atoms with van der Waals surface area (Å²) in [6.07, 6.45) is 4.11. The van der Waals surface area contributed by atoms with Gasteiger partial charge in [-0.15, -0.1) is 0 Å². The first-order valence-electron chi connectivity index (χ1n) is 8.76. The maximum Gasteiger partial charge on any atom is 0.226 e. The van der Waals surface area contributed by atoms with Crippen molar-refractivity contribution in [3.8, 4) is 5.75 Å². The lowest BCUT2D eigenvalue weighted by Gasteiger charge is -2.33. The third kappa shape index (κ3) is 3.55. The number of carbonyl (C=O) groups is 2. The Hall–Kier alpha value is -2.04. The minimum absolute atomic E-state index is 0.0884. The molecule has 0 aromatic heterocycles. The summed E-state index contributed by atoms with van der Waals surface area (Å²) in [6.45, 7) is 1.51. The molecular weight excluding hydrogens is 304 g/mol. The maximum atomic E-state index is 12.9. The van der Waals surface area contributed by atoms with E-state index in [0.717, 1.165) is 38.0 Å². The Balaban J connectivity index is 1.64. The topological polar surface area (TPSA) is 49.9 Å². The Kier molecular flexibility index (Phi) is 5.07. The molecule has 0 spiro atoms. The quantitative estimate of drug-likeness (QED) is 0.849. The van der Waals surface area contributed by atoms with Gasteiger partial charge >= 0.3 is 0 Å². The van der Waals surface area contributed by atoms with Crippen molar-refractivity contribution >= 4 is 11.8 Å². The number of ether oxygens (including phenoxy) is 1. The van der Waals surface area contributed by atoms with E-state index in [0.29, 0.717) is 13.0 Å². The molecule has 0 bridgehead atoms. The lowest BCUT2D eigenvalue weighted by molar-refractivity contribution is -0.144. The van der Waals surface area contributed by atoms with Crippen molar-refractivity contribution < 1.29 is 14.3 Å². The van der Waals surface area contributed by atoms with E-state index in [1.165, 1.54) is 5.56 Å². The Labute approximate surface area is 143 Å². The molecule has 0 aliphatic carbocycles. The van der Waals surface area contributed by atoms with Crippen molar-refractivity contribution in [2.75, 3.05) is 27.2 Å². The molecule has 5 nitrogen and oxygen atoms in total. The van der Waals surface area contributed by atoms with Crippen molar-refractivity contribution in [3.05, 3.63) is 29.8 Å². The summed E-state index contributed by atoms with van der Waals surface area (Å²) in [6, 6.07) is 8.32. The molecule has 0 saturated carbocycles. The van der Waals surface area contributed by atoms with Crippen molar-refractivity contribution in [1.29, 1.82) is 0 Å². The number of nitrogens with zero attached hydrogens (tertiary/aromatic N) is 2. The van der Waals surface area contributed by atoms with Crippen molar-refractivity contribution in [3.63, 3.8) is 0 Å². The van der Waals surface area contributed by atoms with Crippen LogP contribution >= 0.6 is 0 Å². The predicted octanol–water partition coefficient (Wildman–Crippen LogP) is 2.10. The fourth-order valence-corrected chi connectivity index (χ4v) is 3.76.